The van der Waals surface area contributed by atoms with Gasteiger partial charge < -0.3 is 23.6 Å². The van der Waals surface area contributed by atoms with E-state index in [0.717, 1.165) is 17.8 Å². The lowest BCUT2D eigenvalue weighted by atomic mass is 9.97. The van der Waals surface area contributed by atoms with Gasteiger partial charge in [-0.05, 0) is 47.8 Å². The first-order chi connectivity index (χ1) is 16.4. The second-order valence-electron chi connectivity index (χ2n) is 7.62. The number of amides is 1. The maximum atomic E-state index is 13.2. The first kappa shape index (κ1) is 24.2. The summed E-state index contributed by atoms with van der Waals surface area (Å²) in [5.41, 5.74) is 1.30. The Bertz CT molecular complexity index is 1190. The van der Waals surface area contributed by atoms with E-state index in [-0.39, 0.29) is 24.1 Å². The van der Waals surface area contributed by atoms with Gasteiger partial charge in [-0.25, -0.2) is 9.78 Å². The van der Waals surface area contributed by atoms with Crippen LogP contribution in [0.5, 0.6) is 11.5 Å². The smallest absolute Gasteiger partial charge is 0.360 e. The molecule has 0 saturated carbocycles. The molecule has 3 aromatic rings. The van der Waals surface area contributed by atoms with Crippen molar-refractivity contribution in [1.29, 1.82) is 0 Å². The lowest BCUT2D eigenvalue weighted by Gasteiger charge is -2.31. The van der Waals surface area contributed by atoms with Crippen LogP contribution in [0.1, 0.15) is 51.5 Å². The molecule has 180 valence electrons. The molecule has 4 rings (SSSR count). The molecule has 34 heavy (non-hydrogen) atoms. The molecule has 1 aliphatic rings. The van der Waals surface area contributed by atoms with E-state index in [1.54, 1.807) is 39.3 Å². The zero-order valence-corrected chi connectivity index (χ0v) is 21.4. The number of thiazole rings is 1. The van der Waals surface area contributed by atoms with Crippen LogP contribution in [0.4, 0.5) is 0 Å². The topological polar surface area (TPSA) is 104 Å². The molecule has 1 amide bonds. The van der Waals surface area contributed by atoms with Crippen LogP contribution >= 0.6 is 27.3 Å². The Kier molecular flexibility index (Phi) is 7.52. The lowest BCUT2D eigenvalue weighted by Crippen LogP contribution is -2.38. The number of piperidine rings is 1. The zero-order valence-electron chi connectivity index (χ0n) is 19.0. The van der Waals surface area contributed by atoms with Crippen molar-refractivity contribution >= 4 is 39.1 Å². The van der Waals surface area contributed by atoms with Crippen molar-refractivity contribution in [2.45, 2.75) is 25.7 Å². The molecule has 1 saturated heterocycles. The Hall–Kier alpha value is -2.92. The molecular formula is C23H24BrN3O6S. The van der Waals surface area contributed by atoms with Crippen LogP contribution in [0.25, 0.3) is 11.5 Å². The molecule has 2 aromatic heterocycles. The summed E-state index contributed by atoms with van der Waals surface area (Å²) in [4.78, 5) is 31.5. The molecule has 1 aliphatic heterocycles. The highest BCUT2D eigenvalue weighted by Gasteiger charge is 2.28. The van der Waals surface area contributed by atoms with Gasteiger partial charge >= 0.3 is 5.97 Å². The number of rotatable bonds is 7. The minimum absolute atomic E-state index is 0.0562. The minimum Gasteiger partial charge on any atom is -0.493 e. The van der Waals surface area contributed by atoms with Gasteiger partial charge in [0, 0.05) is 34.9 Å². The Labute approximate surface area is 209 Å². The number of hydrogen-bond acceptors (Lipinski definition) is 9. The predicted molar refractivity (Wildman–Crippen MR) is 129 cm³/mol. The monoisotopic (exact) mass is 549 g/mol. The number of halogens is 1. The van der Waals surface area contributed by atoms with Crippen LogP contribution in [0, 0.1) is 0 Å². The molecule has 0 spiro atoms. The highest BCUT2D eigenvalue weighted by Crippen LogP contribution is 2.36. The molecule has 0 N–H and O–H groups in total. The van der Waals surface area contributed by atoms with E-state index in [0.29, 0.717) is 46.1 Å². The third-order valence-electron chi connectivity index (χ3n) is 5.60. The Balaban J connectivity index is 1.41. The van der Waals surface area contributed by atoms with Gasteiger partial charge in [0.2, 0.25) is 0 Å². The Morgan fingerprint density at radius 2 is 1.88 bits per heavy atom. The number of hydrogen-bond donors (Lipinski definition) is 0. The molecular weight excluding hydrogens is 526 g/mol. The normalized spacial score (nSPS) is 14.2. The van der Waals surface area contributed by atoms with Crippen molar-refractivity contribution in [3.8, 4) is 23.0 Å². The molecule has 9 nitrogen and oxygen atoms in total. The number of methoxy groups -OCH3 is 2. The Morgan fingerprint density at radius 3 is 2.56 bits per heavy atom. The average Bonchev–Trinajstić information content (AvgIpc) is 3.54. The fourth-order valence-electron chi connectivity index (χ4n) is 3.80. The largest absolute Gasteiger partial charge is 0.493 e. The van der Waals surface area contributed by atoms with E-state index in [2.05, 4.69) is 21.1 Å². The number of ether oxygens (including phenoxy) is 3. The van der Waals surface area contributed by atoms with Gasteiger partial charge in [-0.15, -0.1) is 11.3 Å². The van der Waals surface area contributed by atoms with Crippen molar-refractivity contribution < 1.29 is 28.3 Å². The zero-order chi connectivity index (χ0) is 24.2. The summed E-state index contributed by atoms with van der Waals surface area (Å²) in [7, 11) is 3.10. The molecule has 0 radical (unpaired) electrons. The van der Waals surface area contributed by atoms with Gasteiger partial charge in [0.1, 0.15) is 5.69 Å². The third kappa shape index (κ3) is 4.95. The van der Waals surface area contributed by atoms with E-state index in [1.165, 1.54) is 11.3 Å². The number of nitrogens with zero attached hydrogens (tertiary/aromatic N) is 3. The number of likely N-dealkylation sites (tertiary alicyclic amines) is 1. The van der Waals surface area contributed by atoms with E-state index in [4.69, 9.17) is 23.7 Å². The predicted octanol–water partition coefficient (Wildman–Crippen LogP) is 4.77. The fourth-order valence-corrected chi connectivity index (χ4v) is 5.28. The second kappa shape index (κ2) is 10.6. The van der Waals surface area contributed by atoms with Crippen molar-refractivity contribution in [3.63, 3.8) is 0 Å². The molecule has 0 aliphatic carbocycles. The summed E-state index contributed by atoms with van der Waals surface area (Å²) in [6, 6.07) is 4.98. The summed E-state index contributed by atoms with van der Waals surface area (Å²) < 4.78 is 21.5. The standard InChI is InChI=1S/C23H24BrN3O6S/c1-4-32-23(29)16-11-18(33-26-16)17-12-34-21(25-17)13-5-7-27(8-6-13)22(28)14-9-19(30-2)20(31-3)10-15(14)24/h9-13H,4-8H2,1-3H3. The van der Waals surface area contributed by atoms with Crippen LogP contribution in [-0.4, -0.2) is 60.8 Å². The third-order valence-corrected chi connectivity index (χ3v) is 7.27. The first-order valence-electron chi connectivity index (χ1n) is 10.8. The number of aromatic nitrogens is 2. The fraction of sp³-hybridized carbons (Fsp3) is 0.391. The van der Waals surface area contributed by atoms with Gasteiger partial charge in [-0.2, -0.15) is 0 Å². The van der Waals surface area contributed by atoms with Gasteiger partial charge in [-0.3, -0.25) is 4.79 Å². The first-order valence-corrected chi connectivity index (χ1v) is 12.4. The summed E-state index contributed by atoms with van der Waals surface area (Å²) in [6.07, 6.45) is 1.60. The SMILES string of the molecule is CCOC(=O)c1cc(-c2csc(C3CCN(C(=O)c4cc(OC)c(OC)cc4Br)CC3)n2)on1. The van der Waals surface area contributed by atoms with E-state index < -0.39 is 5.97 Å². The average molecular weight is 550 g/mol. The highest BCUT2D eigenvalue weighted by atomic mass is 79.9. The Morgan fingerprint density at radius 1 is 1.18 bits per heavy atom. The molecule has 1 fully saturated rings. The number of benzene rings is 1. The molecule has 0 unspecified atom stereocenters. The van der Waals surface area contributed by atoms with Crippen LogP contribution in [0.2, 0.25) is 0 Å². The molecule has 11 heteroatoms. The van der Waals surface area contributed by atoms with Crippen molar-refractivity contribution in [3.05, 3.63) is 44.3 Å². The van der Waals surface area contributed by atoms with Crippen molar-refractivity contribution in [2.24, 2.45) is 0 Å². The van der Waals surface area contributed by atoms with Gasteiger partial charge in [0.05, 0.1) is 31.4 Å². The molecule has 1 aromatic carbocycles. The maximum Gasteiger partial charge on any atom is 0.360 e. The van der Waals surface area contributed by atoms with Gasteiger partial charge in [0.15, 0.2) is 23.0 Å². The number of esters is 1. The van der Waals surface area contributed by atoms with Crippen LogP contribution in [0.15, 0.2) is 32.6 Å². The molecule has 0 bridgehead atoms. The van der Waals surface area contributed by atoms with Crippen LogP contribution in [0.3, 0.4) is 0 Å². The van der Waals surface area contributed by atoms with Gasteiger partial charge in [0.25, 0.3) is 5.91 Å². The van der Waals surface area contributed by atoms with E-state index >= 15 is 0 Å². The second-order valence-corrected chi connectivity index (χ2v) is 9.37. The van der Waals surface area contributed by atoms with Crippen molar-refractivity contribution in [1.82, 2.24) is 15.0 Å². The highest BCUT2D eigenvalue weighted by molar-refractivity contribution is 9.10. The van der Waals surface area contributed by atoms with E-state index in [1.807, 2.05) is 10.3 Å². The summed E-state index contributed by atoms with van der Waals surface area (Å²) in [6.45, 7) is 3.24. The maximum absolute atomic E-state index is 13.2. The van der Waals surface area contributed by atoms with Crippen molar-refractivity contribution in [2.75, 3.05) is 33.9 Å². The molecule has 3 heterocycles. The minimum atomic E-state index is -0.522. The summed E-state index contributed by atoms with van der Waals surface area (Å²) >= 11 is 5.02. The molecule has 0 atom stereocenters. The lowest BCUT2D eigenvalue weighted by molar-refractivity contribution is 0.0514. The van der Waals surface area contributed by atoms with Gasteiger partial charge in [-0.1, -0.05) is 5.16 Å². The summed E-state index contributed by atoms with van der Waals surface area (Å²) in [5.74, 6) is 1.16. The van der Waals surface area contributed by atoms with E-state index in [9.17, 15) is 9.59 Å². The summed E-state index contributed by atoms with van der Waals surface area (Å²) in [5, 5.41) is 6.64. The quantitative estimate of drug-likeness (QED) is 0.388. The number of carbonyl (C=O) groups is 2. The number of carbonyl (C=O) groups excluding carboxylic acids is 2. The van der Waals surface area contributed by atoms with Crippen LogP contribution < -0.4 is 9.47 Å². The van der Waals surface area contributed by atoms with Crippen LogP contribution in [-0.2, 0) is 4.74 Å².